The van der Waals surface area contributed by atoms with Gasteiger partial charge < -0.3 is 0 Å². The van der Waals surface area contributed by atoms with Crippen LogP contribution in [-0.4, -0.2) is 5.78 Å². The molecule has 1 nitrogen and oxygen atoms in total. The Morgan fingerprint density at radius 3 is 2.29 bits per heavy atom. The largest absolute Gasteiger partial charge is 0.300 e. The van der Waals surface area contributed by atoms with E-state index in [2.05, 4.69) is 6.92 Å². The van der Waals surface area contributed by atoms with Crippen LogP contribution < -0.4 is 0 Å². The SMILES string of the molecule is CCCCC1CCC(C2CC[C@@H]3CC(=O)CC[C@H]3C2)CC1. The van der Waals surface area contributed by atoms with Gasteiger partial charge in [0.25, 0.3) is 0 Å². The van der Waals surface area contributed by atoms with Gasteiger partial charge in [-0.1, -0.05) is 39.0 Å². The van der Waals surface area contributed by atoms with E-state index in [4.69, 9.17) is 0 Å². The summed E-state index contributed by atoms with van der Waals surface area (Å²) in [6.07, 6.45) is 17.6. The lowest BCUT2D eigenvalue weighted by Gasteiger charge is -2.43. The molecular formula is C20H34O. The topological polar surface area (TPSA) is 17.1 Å². The van der Waals surface area contributed by atoms with Gasteiger partial charge in [-0.25, -0.2) is 0 Å². The zero-order valence-electron chi connectivity index (χ0n) is 14.0. The molecule has 0 heterocycles. The quantitative estimate of drug-likeness (QED) is 0.642. The maximum absolute atomic E-state index is 11.6. The lowest BCUT2D eigenvalue weighted by Crippen LogP contribution is -2.34. The fourth-order valence-electron chi connectivity index (χ4n) is 5.60. The second-order valence-electron chi connectivity index (χ2n) is 8.30. The molecule has 1 unspecified atom stereocenters. The third-order valence-electron chi connectivity index (χ3n) is 6.99. The second kappa shape index (κ2) is 7.29. The molecular weight excluding hydrogens is 256 g/mol. The van der Waals surface area contributed by atoms with Crippen LogP contribution in [0.15, 0.2) is 0 Å². The van der Waals surface area contributed by atoms with Crippen LogP contribution in [0.3, 0.4) is 0 Å². The van der Waals surface area contributed by atoms with Crippen LogP contribution in [0.4, 0.5) is 0 Å². The van der Waals surface area contributed by atoms with Crippen LogP contribution in [0, 0.1) is 29.6 Å². The normalized spacial score (nSPS) is 40.8. The van der Waals surface area contributed by atoms with Gasteiger partial charge in [-0.05, 0) is 68.1 Å². The van der Waals surface area contributed by atoms with Crippen molar-refractivity contribution in [1.82, 2.24) is 0 Å². The second-order valence-corrected chi connectivity index (χ2v) is 8.30. The van der Waals surface area contributed by atoms with E-state index < -0.39 is 0 Å². The fraction of sp³-hybridized carbons (Fsp3) is 0.950. The number of carbonyl (C=O) groups is 1. The summed E-state index contributed by atoms with van der Waals surface area (Å²) in [6.45, 7) is 2.32. The Bertz CT molecular complexity index is 340. The first-order chi connectivity index (χ1) is 10.3. The Labute approximate surface area is 131 Å². The predicted molar refractivity (Wildman–Crippen MR) is 88.2 cm³/mol. The molecule has 0 aromatic rings. The van der Waals surface area contributed by atoms with Gasteiger partial charge in [-0.3, -0.25) is 4.79 Å². The molecule has 21 heavy (non-hydrogen) atoms. The lowest BCUT2D eigenvalue weighted by molar-refractivity contribution is -0.123. The van der Waals surface area contributed by atoms with Gasteiger partial charge in [-0.2, -0.15) is 0 Å². The summed E-state index contributed by atoms with van der Waals surface area (Å²) in [5, 5.41) is 0. The third-order valence-corrected chi connectivity index (χ3v) is 6.99. The minimum atomic E-state index is 0.547. The number of hydrogen-bond acceptors (Lipinski definition) is 1. The molecule has 0 aromatic carbocycles. The maximum atomic E-state index is 11.6. The number of fused-ring (bicyclic) bond motifs is 1. The van der Waals surface area contributed by atoms with Crippen LogP contribution in [0.25, 0.3) is 0 Å². The minimum Gasteiger partial charge on any atom is -0.300 e. The molecule has 3 saturated carbocycles. The summed E-state index contributed by atoms with van der Waals surface area (Å²) in [4.78, 5) is 11.6. The Morgan fingerprint density at radius 2 is 1.52 bits per heavy atom. The summed E-state index contributed by atoms with van der Waals surface area (Å²) in [5.41, 5.74) is 0. The van der Waals surface area contributed by atoms with E-state index in [0.29, 0.717) is 5.78 Å². The Kier molecular flexibility index (Phi) is 5.40. The van der Waals surface area contributed by atoms with Crippen molar-refractivity contribution in [2.45, 2.75) is 90.4 Å². The highest BCUT2D eigenvalue weighted by atomic mass is 16.1. The third kappa shape index (κ3) is 3.90. The highest BCUT2D eigenvalue weighted by Crippen LogP contribution is 2.47. The molecule has 0 aliphatic heterocycles. The van der Waals surface area contributed by atoms with E-state index in [9.17, 15) is 4.79 Å². The summed E-state index contributed by atoms with van der Waals surface area (Å²) in [7, 11) is 0. The van der Waals surface area contributed by atoms with Gasteiger partial charge >= 0.3 is 0 Å². The average molecular weight is 290 g/mol. The van der Waals surface area contributed by atoms with Crippen molar-refractivity contribution in [3.8, 4) is 0 Å². The smallest absolute Gasteiger partial charge is 0.133 e. The first-order valence-electron chi connectivity index (χ1n) is 9.78. The van der Waals surface area contributed by atoms with Crippen molar-refractivity contribution in [2.75, 3.05) is 0 Å². The van der Waals surface area contributed by atoms with E-state index in [-0.39, 0.29) is 0 Å². The molecule has 3 rings (SSSR count). The van der Waals surface area contributed by atoms with E-state index >= 15 is 0 Å². The van der Waals surface area contributed by atoms with Crippen molar-refractivity contribution in [1.29, 1.82) is 0 Å². The fourth-order valence-corrected chi connectivity index (χ4v) is 5.60. The number of hydrogen-bond donors (Lipinski definition) is 0. The molecule has 0 amide bonds. The summed E-state index contributed by atoms with van der Waals surface area (Å²) in [6, 6.07) is 0. The molecule has 0 radical (unpaired) electrons. The van der Waals surface area contributed by atoms with Crippen LogP contribution in [-0.2, 0) is 4.79 Å². The first-order valence-corrected chi connectivity index (χ1v) is 9.78. The zero-order valence-corrected chi connectivity index (χ0v) is 14.0. The van der Waals surface area contributed by atoms with Gasteiger partial charge in [0.2, 0.25) is 0 Å². The molecule has 0 N–H and O–H groups in total. The van der Waals surface area contributed by atoms with Crippen LogP contribution in [0.5, 0.6) is 0 Å². The molecule has 0 bridgehead atoms. The van der Waals surface area contributed by atoms with Crippen molar-refractivity contribution < 1.29 is 4.79 Å². The molecule has 3 aliphatic rings. The van der Waals surface area contributed by atoms with E-state index in [1.54, 1.807) is 0 Å². The van der Waals surface area contributed by atoms with Crippen molar-refractivity contribution in [2.24, 2.45) is 29.6 Å². The summed E-state index contributed by atoms with van der Waals surface area (Å²) in [5.74, 6) is 5.30. The molecule has 0 spiro atoms. The molecule has 0 saturated heterocycles. The number of carbonyl (C=O) groups excluding carboxylic acids is 1. The standard InChI is InChI=1S/C20H34O/c1-2-3-4-15-5-7-16(8-6-15)17-9-10-19-14-20(21)12-11-18(19)13-17/h15-19H,2-14H2,1H3/t15?,16?,17?,18-,19+/m0/s1. The molecule has 120 valence electrons. The molecule has 3 fully saturated rings. The van der Waals surface area contributed by atoms with Crippen molar-refractivity contribution in [3.05, 3.63) is 0 Å². The summed E-state index contributed by atoms with van der Waals surface area (Å²) < 4.78 is 0. The monoisotopic (exact) mass is 290 g/mol. The minimum absolute atomic E-state index is 0.547. The number of unbranched alkanes of at least 4 members (excludes halogenated alkanes) is 1. The van der Waals surface area contributed by atoms with Gasteiger partial charge in [0, 0.05) is 12.8 Å². The first kappa shape index (κ1) is 15.6. The highest BCUT2D eigenvalue weighted by molar-refractivity contribution is 5.79. The Balaban J connectivity index is 1.45. The van der Waals surface area contributed by atoms with Gasteiger partial charge in [0.05, 0.1) is 0 Å². The maximum Gasteiger partial charge on any atom is 0.133 e. The van der Waals surface area contributed by atoms with Gasteiger partial charge in [0.15, 0.2) is 0 Å². The molecule has 3 aliphatic carbocycles. The average Bonchev–Trinajstić information content (AvgIpc) is 2.53. The van der Waals surface area contributed by atoms with Crippen LogP contribution >= 0.6 is 0 Å². The lowest BCUT2D eigenvalue weighted by atomic mass is 9.62. The Hall–Kier alpha value is -0.330. The number of rotatable bonds is 4. The van der Waals surface area contributed by atoms with Crippen LogP contribution in [0.1, 0.15) is 90.4 Å². The predicted octanol–water partition coefficient (Wildman–Crippen LogP) is 5.77. The zero-order chi connectivity index (χ0) is 14.7. The Morgan fingerprint density at radius 1 is 0.857 bits per heavy atom. The molecule has 0 aromatic heterocycles. The highest BCUT2D eigenvalue weighted by Gasteiger charge is 2.38. The molecule has 1 heteroatoms. The van der Waals surface area contributed by atoms with Gasteiger partial charge in [-0.15, -0.1) is 0 Å². The van der Waals surface area contributed by atoms with Crippen LogP contribution in [0.2, 0.25) is 0 Å². The van der Waals surface area contributed by atoms with Crippen molar-refractivity contribution in [3.63, 3.8) is 0 Å². The number of Topliss-reactive ketones (excluding diaryl/α,β-unsaturated/α-hetero) is 1. The van der Waals surface area contributed by atoms with Crippen molar-refractivity contribution >= 4 is 5.78 Å². The van der Waals surface area contributed by atoms with E-state index in [0.717, 1.165) is 42.4 Å². The van der Waals surface area contributed by atoms with E-state index in [1.807, 2.05) is 0 Å². The van der Waals surface area contributed by atoms with E-state index in [1.165, 1.54) is 70.6 Å². The number of ketones is 1. The van der Waals surface area contributed by atoms with Gasteiger partial charge in [0.1, 0.15) is 5.78 Å². The summed E-state index contributed by atoms with van der Waals surface area (Å²) >= 11 is 0. The molecule has 3 atom stereocenters.